The minimum Gasteiger partial charge on any atom is -0.490 e. The van der Waals surface area contributed by atoms with Crippen LogP contribution in [0, 0.1) is 21.4 Å². The minimum absolute atomic E-state index is 0.0751. The van der Waals surface area contributed by atoms with E-state index in [0.717, 1.165) is 0 Å². The molecule has 1 aromatic carbocycles. The van der Waals surface area contributed by atoms with Gasteiger partial charge in [0, 0.05) is 18.2 Å². The van der Waals surface area contributed by atoms with Gasteiger partial charge in [0.05, 0.1) is 37.3 Å². The number of carbonyl (C=O) groups is 1. The van der Waals surface area contributed by atoms with Crippen molar-refractivity contribution in [3.8, 4) is 11.8 Å². The summed E-state index contributed by atoms with van der Waals surface area (Å²) in [4.78, 5) is 24.6. The predicted octanol–water partition coefficient (Wildman–Crippen LogP) is 2.75. The van der Waals surface area contributed by atoms with Crippen LogP contribution in [0.15, 0.2) is 41.0 Å². The molecule has 0 saturated heterocycles. The van der Waals surface area contributed by atoms with Gasteiger partial charge in [0.2, 0.25) is 0 Å². The van der Waals surface area contributed by atoms with Gasteiger partial charge in [0.1, 0.15) is 5.76 Å². The Kier molecular flexibility index (Phi) is 5.52. The summed E-state index contributed by atoms with van der Waals surface area (Å²) in [6.45, 7) is 0.364. The van der Waals surface area contributed by atoms with Gasteiger partial charge in [-0.1, -0.05) is 0 Å². The Morgan fingerprint density at radius 2 is 2.25 bits per heavy atom. The van der Waals surface area contributed by atoms with Gasteiger partial charge in [0.25, 0.3) is 5.91 Å². The van der Waals surface area contributed by atoms with Crippen LogP contribution in [0.1, 0.15) is 22.5 Å². The third kappa shape index (κ3) is 3.89. The molecule has 0 aliphatic carbocycles. The van der Waals surface area contributed by atoms with Gasteiger partial charge < -0.3 is 14.1 Å². The molecule has 0 N–H and O–H groups in total. The molecule has 0 bridgehead atoms. The number of carbonyl (C=O) groups excluding carboxylic acids is 1. The van der Waals surface area contributed by atoms with E-state index in [9.17, 15) is 14.9 Å². The van der Waals surface area contributed by atoms with E-state index in [1.165, 1.54) is 36.5 Å². The molecule has 1 amide bonds. The van der Waals surface area contributed by atoms with E-state index < -0.39 is 10.8 Å². The number of nitro groups is 1. The fourth-order valence-corrected chi connectivity index (χ4v) is 2.18. The van der Waals surface area contributed by atoms with Crippen LogP contribution in [0.4, 0.5) is 5.69 Å². The summed E-state index contributed by atoms with van der Waals surface area (Å²) in [7, 11) is 1.32. The lowest BCUT2D eigenvalue weighted by atomic mass is 10.1. The van der Waals surface area contributed by atoms with Crippen LogP contribution >= 0.6 is 0 Å². The van der Waals surface area contributed by atoms with Crippen molar-refractivity contribution in [2.75, 3.05) is 13.7 Å². The average Bonchev–Trinajstić information content (AvgIpc) is 3.10. The van der Waals surface area contributed by atoms with Crippen molar-refractivity contribution in [1.29, 1.82) is 5.26 Å². The van der Waals surface area contributed by atoms with Gasteiger partial charge in [-0.05, 0) is 24.3 Å². The number of benzene rings is 1. The number of methoxy groups -OCH3 is 1. The zero-order valence-corrected chi connectivity index (χ0v) is 13.0. The molecule has 8 nitrogen and oxygen atoms in total. The highest BCUT2D eigenvalue weighted by Gasteiger charge is 2.22. The highest BCUT2D eigenvalue weighted by atomic mass is 16.6. The summed E-state index contributed by atoms with van der Waals surface area (Å²) in [5, 5.41) is 19.9. The van der Waals surface area contributed by atoms with Gasteiger partial charge in [-0.3, -0.25) is 14.9 Å². The van der Waals surface area contributed by atoms with E-state index in [0.29, 0.717) is 5.76 Å². The van der Waals surface area contributed by atoms with E-state index >= 15 is 0 Å². The number of hydrogen-bond acceptors (Lipinski definition) is 6. The lowest BCUT2D eigenvalue weighted by Crippen LogP contribution is -2.31. The number of amides is 1. The predicted molar refractivity (Wildman–Crippen MR) is 83.3 cm³/mol. The lowest BCUT2D eigenvalue weighted by Gasteiger charge is -2.20. The molecule has 24 heavy (non-hydrogen) atoms. The van der Waals surface area contributed by atoms with E-state index in [1.54, 1.807) is 12.1 Å². The van der Waals surface area contributed by atoms with Crippen LogP contribution in [0.5, 0.6) is 5.75 Å². The Morgan fingerprint density at radius 1 is 1.46 bits per heavy atom. The Bertz CT molecular complexity index is 765. The second kappa shape index (κ2) is 7.78. The highest BCUT2D eigenvalue weighted by Crippen LogP contribution is 2.28. The number of rotatable bonds is 7. The lowest BCUT2D eigenvalue weighted by molar-refractivity contribution is -0.385. The van der Waals surface area contributed by atoms with Crippen LogP contribution in [0.3, 0.4) is 0 Å². The Balaban J connectivity index is 2.29. The topological polar surface area (TPSA) is 110 Å². The normalized spacial score (nSPS) is 10.0. The van der Waals surface area contributed by atoms with E-state index in [-0.39, 0.29) is 36.5 Å². The number of hydrogen-bond donors (Lipinski definition) is 0. The van der Waals surface area contributed by atoms with Crippen LogP contribution in [-0.4, -0.2) is 29.4 Å². The molecular formula is C16H15N3O5. The Hall–Kier alpha value is -3.34. The summed E-state index contributed by atoms with van der Waals surface area (Å²) in [6.07, 6.45) is 1.63. The van der Waals surface area contributed by atoms with E-state index in [1.807, 2.05) is 6.07 Å². The van der Waals surface area contributed by atoms with Gasteiger partial charge >= 0.3 is 5.69 Å². The van der Waals surface area contributed by atoms with Gasteiger partial charge in [-0.2, -0.15) is 5.26 Å². The second-order valence-corrected chi connectivity index (χ2v) is 4.86. The molecule has 0 radical (unpaired) electrons. The first-order valence-corrected chi connectivity index (χ1v) is 7.08. The molecule has 0 spiro atoms. The molecule has 0 aliphatic heterocycles. The largest absolute Gasteiger partial charge is 0.490 e. The van der Waals surface area contributed by atoms with Crippen molar-refractivity contribution in [1.82, 2.24) is 4.90 Å². The molecule has 0 atom stereocenters. The van der Waals surface area contributed by atoms with Crippen molar-refractivity contribution in [2.24, 2.45) is 0 Å². The number of ether oxygens (including phenoxy) is 1. The summed E-state index contributed by atoms with van der Waals surface area (Å²) in [5.74, 6) is 0.211. The molecule has 1 heterocycles. The summed E-state index contributed by atoms with van der Waals surface area (Å²) < 4.78 is 10.2. The van der Waals surface area contributed by atoms with Crippen molar-refractivity contribution < 1.29 is 18.9 Å². The molecule has 8 heteroatoms. The summed E-state index contributed by atoms with van der Waals surface area (Å²) >= 11 is 0. The van der Waals surface area contributed by atoms with Gasteiger partial charge in [-0.15, -0.1) is 0 Å². The zero-order valence-electron chi connectivity index (χ0n) is 13.0. The molecular weight excluding hydrogens is 314 g/mol. The van der Waals surface area contributed by atoms with Crippen molar-refractivity contribution in [3.05, 3.63) is 58.0 Å². The molecule has 0 aliphatic rings. The Morgan fingerprint density at radius 3 is 2.83 bits per heavy atom. The average molecular weight is 329 g/mol. The molecule has 1 aromatic heterocycles. The Labute approximate surface area is 138 Å². The van der Waals surface area contributed by atoms with Crippen molar-refractivity contribution >= 4 is 11.6 Å². The number of nitrogens with zero attached hydrogens (tertiary/aromatic N) is 3. The number of nitro benzene ring substituents is 1. The molecule has 2 aromatic rings. The minimum atomic E-state index is -0.609. The first-order chi connectivity index (χ1) is 11.6. The van der Waals surface area contributed by atoms with Crippen LogP contribution in [0.2, 0.25) is 0 Å². The second-order valence-electron chi connectivity index (χ2n) is 4.86. The maximum absolute atomic E-state index is 12.7. The zero-order chi connectivity index (χ0) is 17.5. The fourth-order valence-electron chi connectivity index (χ4n) is 2.18. The third-order valence-electron chi connectivity index (χ3n) is 3.33. The van der Waals surface area contributed by atoms with Crippen LogP contribution in [0.25, 0.3) is 0 Å². The molecule has 124 valence electrons. The van der Waals surface area contributed by atoms with Crippen LogP contribution < -0.4 is 4.74 Å². The van der Waals surface area contributed by atoms with Crippen molar-refractivity contribution in [2.45, 2.75) is 13.0 Å². The molecule has 0 saturated carbocycles. The highest BCUT2D eigenvalue weighted by molar-refractivity contribution is 5.95. The quantitative estimate of drug-likeness (QED) is 0.570. The number of furan rings is 1. The summed E-state index contributed by atoms with van der Waals surface area (Å²) in [6, 6.07) is 9.38. The standard InChI is InChI=1S/C16H15N3O5/c1-23-15-6-5-12(10-14(15)19(21)22)16(20)18(8-3-7-17)11-13-4-2-9-24-13/h2,4-6,9-10H,3,8,11H2,1H3. The van der Waals surface area contributed by atoms with Crippen molar-refractivity contribution in [3.63, 3.8) is 0 Å². The van der Waals surface area contributed by atoms with Crippen LogP contribution in [-0.2, 0) is 6.54 Å². The third-order valence-corrected chi connectivity index (χ3v) is 3.33. The van der Waals surface area contributed by atoms with E-state index in [4.69, 9.17) is 14.4 Å². The first-order valence-electron chi connectivity index (χ1n) is 7.08. The summed E-state index contributed by atoms with van der Waals surface area (Å²) in [5.41, 5.74) is -0.145. The number of nitriles is 1. The molecule has 0 unspecified atom stereocenters. The van der Waals surface area contributed by atoms with Gasteiger partial charge in [0.15, 0.2) is 5.75 Å². The monoisotopic (exact) mass is 329 g/mol. The fraction of sp³-hybridized carbons (Fsp3) is 0.250. The SMILES string of the molecule is COc1ccc(C(=O)N(CCC#N)Cc2ccco2)cc1[N+](=O)[O-]. The molecule has 0 fully saturated rings. The maximum atomic E-state index is 12.7. The maximum Gasteiger partial charge on any atom is 0.311 e. The smallest absolute Gasteiger partial charge is 0.311 e. The van der Waals surface area contributed by atoms with Gasteiger partial charge in [-0.25, -0.2) is 0 Å². The first kappa shape index (κ1) is 17.0. The van der Waals surface area contributed by atoms with E-state index in [2.05, 4.69) is 0 Å². The molecule has 2 rings (SSSR count).